The first-order valence-corrected chi connectivity index (χ1v) is 7.57. The number of amides is 1. The molecule has 6 heteroatoms. The zero-order chi connectivity index (χ0) is 14.8. The van der Waals surface area contributed by atoms with E-state index in [0.29, 0.717) is 18.5 Å². The maximum absolute atomic E-state index is 11.7. The Morgan fingerprint density at radius 1 is 1.20 bits per heavy atom. The molecule has 1 aromatic carbocycles. The van der Waals surface area contributed by atoms with Crippen LogP contribution in [0.25, 0.3) is 0 Å². The SMILES string of the molecule is COC(=O)CCSCCCC(=O)Nc1ccc(N)cc1. The lowest BCUT2D eigenvalue weighted by Crippen LogP contribution is -2.11. The van der Waals surface area contributed by atoms with Gasteiger partial charge in [-0.3, -0.25) is 9.59 Å². The fourth-order valence-corrected chi connectivity index (χ4v) is 2.35. The third kappa shape index (κ3) is 7.04. The Labute approximate surface area is 123 Å². The summed E-state index contributed by atoms with van der Waals surface area (Å²) in [6, 6.07) is 7.05. The van der Waals surface area contributed by atoms with Crippen LogP contribution < -0.4 is 11.1 Å². The van der Waals surface area contributed by atoms with Crippen molar-refractivity contribution in [2.24, 2.45) is 0 Å². The smallest absolute Gasteiger partial charge is 0.306 e. The van der Waals surface area contributed by atoms with Gasteiger partial charge in [-0.25, -0.2) is 0 Å². The maximum atomic E-state index is 11.7. The molecule has 0 spiro atoms. The average Bonchev–Trinajstić information content (AvgIpc) is 2.44. The molecule has 5 nitrogen and oxygen atoms in total. The van der Waals surface area contributed by atoms with Gasteiger partial charge in [0.1, 0.15) is 0 Å². The van der Waals surface area contributed by atoms with Crippen molar-refractivity contribution in [3.05, 3.63) is 24.3 Å². The topological polar surface area (TPSA) is 81.4 Å². The summed E-state index contributed by atoms with van der Waals surface area (Å²) in [6.45, 7) is 0. The van der Waals surface area contributed by atoms with Crippen molar-refractivity contribution < 1.29 is 14.3 Å². The first kappa shape index (κ1) is 16.4. The van der Waals surface area contributed by atoms with Crippen LogP contribution in [-0.4, -0.2) is 30.5 Å². The number of hydrogen-bond acceptors (Lipinski definition) is 5. The van der Waals surface area contributed by atoms with Gasteiger partial charge in [-0.1, -0.05) is 0 Å². The molecule has 0 aliphatic rings. The van der Waals surface area contributed by atoms with E-state index >= 15 is 0 Å². The number of thioether (sulfide) groups is 1. The summed E-state index contributed by atoms with van der Waals surface area (Å²) in [5, 5.41) is 2.81. The monoisotopic (exact) mass is 296 g/mol. The molecular formula is C14H20N2O3S. The van der Waals surface area contributed by atoms with Crippen molar-refractivity contribution in [3.8, 4) is 0 Å². The van der Waals surface area contributed by atoms with Crippen molar-refractivity contribution in [2.45, 2.75) is 19.3 Å². The minimum Gasteiger partial charge on any atom is -0.469 e. The van der Waals surface area contributed by atoms with E-state index < -0.39 is 0 Å². The quantitative estimate of drug-likeness (QED) is 0.437. The molecule has 0 unspecified atom stereocenters. The number of nitrogens with one attached hydrogen (secondary N) is 1. The van der Waals surface area contributed by atoms with Gasteiger partial charge in [-0.15, -0.1) is 0 Å². The molecule has 0 aromatic heterocycles. The number of esters is 1. The van der Waals surface area contributed by atoms with E-state index in [1.54, 1.807) is 36.0 Å². The Morgan fingerprint density at radius 3 is 2.55 bits per heavy atom. The highest BCUT2D eigenvalue weighted by atomic mass is 32.2. The van der Waals surface area contributed by atoms with Gasteiger partial charge in [0.2, 0.25) is 5.91 Å². The molecular weight excluding hydrogens is 276 g/mol. The Hall–Kier alpha value is -1.69. The van der Waals surface area contributed by atoms with Gasteiger partial charge in [-0.05, 0) is 36.4 Å². The Kier molecular flexibility index (Phi) is 7.57. The Bertz CT molecular complexity index is 435. The van der Waals surface area contributed by atoms with Crippen LogP contribution in [0, 0.1) is 0 Å². The summed E-state index contributed by atoms with van der Waals surface area (Å²) >= 11 is 1.65. The minimum absolute atomic E-state index is 0.0108. The second kappa shape index (κ2) is 9.25. The summed E-state index contributed by atoms with van der Waals surface area (Å²) in [4.78, 5) is 22.5. The highest BCUT2D eigenvalue weighted by Gasteiger charge is 2.03. The number of carbonyl (C=O) groups is 2. The van der Waals surface area contributed by atoms with Gasteiger partial charge in [0, 0.05) is 23.5 Å². The molecule has 1 amide bonds. The molecule has 20 heavy (non-hydrogen) atoms. The molecule has 0 atom stereocenters. The summed E-state index contributed by atoms with van der Waals surface area (Å²) in [6.07, 6.45) is 1.67. The fourth-order valence-electron chi connectivity index (χ4n) is 1.48. The lowest BCUT2D eigenvalue weighted by Gasteiger charge is -2.05. The van der Waals surface area contributed by atoms with E-state index in [1.165, 1.54) is 7.11 Å². The molecule has 0 aliphatic heterocycles. The third-order valence-electron chi connectivity index (χ3n) is 2.57. The van der Waals surface area contributed by atoms with Crippen LogP contribution in [0.2, 0.25) is 0 Å². The zero-order valence-electron chi connectivity index (χ0n) is 11.6. The van der Waals surface area contributed by atoms with Crippen LogP contribution >= 0.6 is 11.8 Å². The van der Waals surface area contributed by atoms with Crippen molar-refractivity contribution >= 4 is 35.0 Å². The first-order valence-electron chi connectivity index (χ1n) is 6.42. The molecule has 110 valence electrons. The van der Waals surface area contributed by atoms with E-state index in [2.05, 4.69) is 10.1 Å². The van der Waals surface area contributed by atoms with Crippen LogP contribution in [0.15, 0.2) is 24.3 Å². The van der Waals surface area contributed by atoms with E-state index in [-0.39, 0.29) is 11.9 Å². The normalized spacial score (nSPS) is 10.1. The highest BCUT2D eigenvalue weighted by Crippen LogP contribution is 2.12. The molecule has 0 bridgehead atoms. The number of carbonyl (C=O) groups excluding carboxylic acids is 2. The fraction of sp³-hybridized carbons (Fsp3) is 0.429. The predicted molar refractivity (Wildman–Crippen MR) is 82.7 cm³/mol. The maximum Gasteiger partial charge on any atom is 0.306 e. The average molecular weight is 296 g/mol. The minimum atomic E-state index is -0.196. The van der Waals surface area contributed by atoms with Crippen LogP contribution in [-0.2, 0) is 14.3 Å². The third-order valence-corrected chi connectivity index (χ3v) is 3.64. The van der Waals surface area contributed by atoms with Crippen molar-refractivity contribution in [1.29, 1.82) is 0 Å². The van der Waals surface area contributed by atoms with E-state index in [1.807, 2.05) is 0 Å². The first-order chi connectivity index (χ1) is 9.61. The standard InChI is InChI=1S/C14H20N2O3S/c1-19-14(18)8-10-20-9-2-3-13(17)16-12-6-4-11(15)5-7-12/h4-7H,2-3,8-10,15H2,1H3,(H,16,17). The van der Waals surface area contributed by atoms with Crippen LogP contribution in [0.1, 0.15) is 19.3 Å². The number of ether oxygens (including phenoxy) is 1. The Balaban J connectivity index is 2.08. The number of methoxy groups -OCH3 is 1. The van der Waals surface area contributed by atoms with E-state index in [0.717, 1.165) is 23.6 Å². The predicted octanol–water partition coefficient (Wildman–Crippen LogP) is 2.28. The van der Waals surface area contributed by atoms with Gasteiger partial charge in [0.25, 0.3) is 0 Å². The lowest BCUT2D eigenvalue weighted by molar-refractivity contribution is -0.140. The van der Waals surface area contributed by atoms with Gasteiger partial charge >= 0.3 is 5.97 Å². The summed E-state index contributed by atoms with van der Waals surface area (Å²) in [5.74, 6) is 1.38. The zero-order valence-corrected chi connectivity index (χ0v) is 12.4. The van der Waals surface area contributed by atoms with Gasteiger partial charge in [0.15, 0.2) is 0 Å². The molecule has 0 heterocycles. The lowest BCUT2D eigenvalue weighted by atomic mass is 10.2. The van der Waals surface area contributed by atoms with Crippen LogP contribution in [0.4, 0.5) is 11.4 Å². The summed E-state index contributed by atoms with van der Waals surface area (Å²) in [5.41, 5.74) is 6.99. The molecule has 0 saturated carbocycles. The summed E-state index contributed by atoms with van der Waals surface area (Å²) < 4.78 is 4.54. The number of anilines is 2. The number of nitrogen functional groups attached to an aromatic ring is 1. The van der Waals surface area contributed by atoms with Crippen molar-refractivity contribution in [1.82, 2.24) is 0 Å². The van der Waals surface area contributed by atoms with E-state index in [4.69, 9.17) is 5.73 Å². The number of rotatable bonds is 8. The molecule has 0 radical (unpaired) electrons. The van der Waals surface area contributed by atoms with Crippen molar-refractivity contribution in [2.75, 3.05) is 29.7 Å². The number of hydrogen-bond donors (Lipinski definition) is 2. The number of nitrogens with two attached hydrogens (primary N) is 1. The second-order valence-electron chi connectivity index (χ2n) is 4.21. The van der Waals surface area contributed by atoms with E-state index in [9.17, 15) is 9.59 Å². The molecule has 0 fully saturated rings. The molecule has 3 N–H and O–H groups in total. The molecule has 0 aliphatic carbocycles. The largest absolute Gasteiger partial charge is 0.469 e. The van der Waals surface area contributed by atoms with Gasteiger partial charge in [0.05, 0.1) is 13.5 Å². The molecule has 0 saturated heterocycles. The Morgan fingerprint density at radius 2 is 1.90 bits per heavy atom. The number of benzene rings is 1. The highest BCUT2D eigenvalue weighted by molar-refractivity contribution is 7.99. The molecule has 1 rings (SSSR count). The van der Waals surface area contributed by atoms with Crippen LogP contribution in [0.3, 0.4) is 0 Å². The molecule has 1 aromatic rings. The summed E-state index contributed by atoms with van der Waals surface area (Å²) in [7, 11) is 1.38. The van der Waals surface area contributed by atoms with Crippen molar-refractivity contribution in [3.63, 3.8) is 0 Å². The van der Waals surface area contributed by atoms with Crippen LogP contribution in [0.5, 0.6) is 0 Å². The van der Waals surface area contributed by atoms with Gasteiger partial charge < -0.3 is 15.8 Å². The van der Waals surface area contributed by atoms with Gasteiger partial charge in [-0.2, -0.15) is 11.8 Å². The second-order valence-corrected chi connectivity index (χ2v) is 5.44.